The van der Waals surface area contributed by atoms with E-state index in [-0.39, 0.29) is 11.5 Å². The van der Waals surface area contributed by atoms with Gasteiger partial charge in [0.25, 0.3) is 0 Å². The third-order valence-electron chi connectivity index (χ3n) is 3.12. The van der Waals surface area contributed by atoms with Crippen LogP contribution in [0, 0.1) is 0 Å². The van der Waals surface area contributed by atoms with Gasteiger partial charge in [0.05, 0.1) is 0 Å². The van der Waals surface area contributed by atoms with Gasteiger partial charge in [0.1, 0.15) is 16.9 Å². The summed E-state index contributed by atoms with van der Waals surface area (Å²) in [6.45, 7) is 4.53. The first-order valence-corrected chi connectivity index (χ1v) is 5.69. The predicted octanol–water partition coefficient (Wildman–Crippen LogP) is 0.495. The van der Waals surface area contributed by atoms with Crippen LogP contribution in [0.25, 0.3) is 0 Å². The van der Waals surface area contributed by atoms with Gasteiger partial charge in [-0.25, -0.2) is 9.78 Å². The first-order chi connectivity index (χ1) is 8.44. The summed E-state index contributed by atoms with van der Waals surface area (Å²) >= 11 is 0. The van der Waals surface area contributed by atoms with Gasteiger partial charge in [-0.05, 0) is 26.0 Å². The van der Waals surface area contributed by atoms with Gasteiger partial charge >= 0.3 is 5.97 Å². The number of nitrogens with one attached hydrogen (secondary N) is 1. The number of aromatic carboxylic acids is 1. The van der Waals surface area contributed by atoms with Gasteiger partial charge in [-0.1, -0.05) is 0 Å². The van der Waals surface area contributed by atoms with Crippen LogP contribution in [0.4, 0.5) is 5.82 Å². The zero-order chi connectivity index (χ0) is 13.3. The number of hydrogen-bond donors (Lipinski definition) is 2. The molecule has 0 saturated carbocycles. The first-order valence-electron chi connectivity index (χ1n) is 5.69. The fraction of sp³-hybridized carbons (Fsp3) is 0.417. The number of carboxylic acids is 1. The van der Waals surface area contributed by atoms with Crippen LogP contribution in [0.5, 0.6) is 0 Å². The third kappa shape index (κ3) is 1.90. The summed E-state index contributed by atoms with van der Waals surface area (Å²) in [5.74, 6) is -0.833. The Morgan fingerprint density at radius 1 is 1.56 bits per heavy atom. The molecule has 96 valence electrons. The number of hydrogen-bond acceptors (Lipinski definition) is 4. The maximum absolute atomic E-state index is 11.9. The Hall–Kier alpha value is -2.11. The highest BCUT2D eigenvalue weighted by Gasteiger charge is 2.39. The average Bonchev–Trinajstić information content (AvgIpc) is 2.32. The maximum atomic E-state index is 11.9. The van der Waals surface area contributed by atoms with Crippen LogP contribution in [0.1, 0.15) is 24.2 Å². The lowest BCUT2D eigenvalue weighted by Crippen LogP contribution is -2.62. The molecule has 1 aromatic heterocycles. The molecule has 1 aliphatic heterocycles. The molecule has 6 nitrogen and oxygen atoms in total. The molecule has 2 N–H and O–H groups in total. The van der Waals surface area contributed by atoms with Gasteiger partial charge in [0.15, 0.2) is 0 Å². The van der Waals surface area contributed by atoms with Crippen molar-refractivity contribution in [1.29, 1.82) is 0 Å². The normalized spacial score (nSPS) is 18.3. The minimum absolute atomic E-state index is 0.111. The molecule has 0 radical (unpaired) electrons. The second-order valence-electron chi connectivity index (χ2n) is 4.65. The Kier molecular flexibility index (Phi) is 2.94. The van der Waals surface area contributed by atoms with Crippen molar-refractivity contribution in [3.05, 3.63) is 23.9 Å². The Morgan fingerprint density at radius 3 is 2.94 bits per heavy atom. The Labute approximate surface area is 105 Å². The zero-order valence-corrected chi connectivity index (χ0v) is 10.3. The summed E-state index contributed by atoms with van der Waals surface area (Å²) in [7, 11) is 0. The standard InChI is InChI=1S/C12H15N3O3/c1-12(2)11(18)14-6-7-15(12)9-8(10(16)17)4-3-5-13-9/h3-5H,6-7H2,1-2H3,(H,14,18)(H,16,17). The smallest absolute Gasteiger partial charge is 0.339 e. The Bertz CT molecular complexity index is 499. The molecule has 1 fully saturated rings. The van der Waals surface area contributed by atoms with E-state index in [9.17, 15) is 9.59 Å². The van der Waals surface area contributed by atoms with E-state index in [0.29, 0.717) is 18.9 Å². The first kappa shape index (κ1) is 12.3. The molecule has 0 spiro atoms. The lowest BCUT2D eigenvalue weighted by Gasteiger charge is -2.42. The SMILES string of the molecule is CC1(C)C(=O)NCCN1c1ncccc1C(=O)O. The number of pyridine rings is 1. The number of carbonyl (C=O) groups is 2. The fourth-order valence-electron chi connectivity index (χ4n) is 2.05. The summed E-state index contributed by atoms with van der Waals surface area (Å²) in [6, 6.07) is 3.07. The van der Waals surface area contributed by atoms with Gasteiger partial charge in [-0.2, -0.15) is 0 Å². The van der Waals surface area contributed by atoms with E-state index in [0.717, 1.165) is 0 Å². The van der Waals surface area contributed by atoms with Crippen molar-refractivity contribution in [2.24, 2.45) is 0 Å². The van der Waals surface area contributed by atoms with E-state index in [1.807, 2.05) is 0 Å². The van der Waals surface area contributed by atoms with Crippen molar-refractivity contribution < 1.29 is 14.7 Å². The molecule has 0 unspecified atom stereocenters. The summed E-state index contributed by atoms with van der Waals surface area (Å²) in [4.78, 5) is 28.9. The second-order valence-corrected chi connectivity index (χ2v) is 4.65. The summed E-state index contributed by atoms with van der Waals surface area (Å²) in [6.07, 6.45) is 1.53. The molecular formula is C12H15N3O3. The highest BCUT2D eigenvalue weighted by Crippen LogP contribution is 2.27. The van der Waals surface area contributed by atoms with Crippen LogP contribution in [0.15, 0.2) is 18.3 Å². The highest BCUT2D eigenvalue weighted by atomic mass is 16.4. The number of nitrogens with zero attached hydrogens (tertiary/aromatic N) is 2. The van der Waals surface area contributed by atoms with Crippen molar-refractivity contribution in [2.45, 2.75) is 19.4 Å². The summed E-state index contributed by atoms with van der Waals surface area (Å²) in [5, 5.41) is 11.9. The minimum atomic E-state index is -1.04. The third-order valence-corrected chi connectivity index (χ3v) is 3.12. The highest BCUT2D eigenvalue weighted by molar-refractivity contribution is 5.96. The monoisotopic (exact) mass is 249 g/mol. The molecule has 18 heavy (non-hydrogen) atoms. The van der Waals surface area contributed by atoms with Gasteiger partial charge in [-0.3, -0.25) is 4.79 Å². The average molecular weight is 249 g/mol. The molecule has 0 aromatic carbocycles. The molecule has 0 atom stereocenters. The van der Waals surface area contributed by atoms with Crippen LogP contribution in [-0.4, -0.2) is 40.6 Å². The number of carboxylic acid groups (broad SMARTS) is 1. The number of amides is 1. The molecule has 1 aliphatic rings. The molecule has 1 saturated heterocycles. The van der Waals surface area contributed by atoms with Crippen molar-refractivity contribution in [3.63, 3.8) is 0 Å². The second kappa shape index (κ2) is 4.29. The van der Waals surface area contributed by atoms with Crippen LogP contribution in [-0.2, 0) is 4.79 Å². The molecular weight excluding hydrogens is 234 g/mol. The van der Waals surface area contributed by atoms with E-state index in [1.54, 1.807) is 24.8 Å². The lowest BCUT2D eigenvalue weighted by atomic mass is 9.98. The van der Waals surface area contributed by atoms with Crippen molar-refractivity contribution in [1.82, 2.24) is 10.3 Å². The molecule has 2 heterocycles. The summed E-state index contributed by atoms with van der Waals surface area (Å²) < 4.78 is 0. The largest absolute Gasteiger partial charge is 0.478 e. The quantitative estimate of drug-likeness (QED) is 0.797. The molecule has 0 bridgehead atoms. The summed E-state index contributed by atoms with van der Waals surface area (Å²) in [5.41, 5.74) is -0.697. The molecule has 0 aliphatic carbocycles. The van der Waals surface area contributed by atoms with Gasteiger partial charge in [-0.15, -0.1) is 0 Å². The number of rotatable bonds is 2. The van der Waals surface area contributed by atoms with Gasteiger partial charge in [0, 0.05) is 19.3 Å². The molecule has 2 rings (SSSR count). The zero-order valence-electron chi connectivity index (χ0n) is 10.3. The fourth-order valence-corrected chi connectivity index (χ4v) is 2.05. The van der Waals surface area contributed by atoms with Crippen LogP contribution >= 0.6 is 0 Å². The Balaban J connectivity index is 2.48. The number of carbonyl (C=O) groups excluding carboxylic acids is 1. The minimum Gasteiger partial charge on any atom is -0.478 e. The van der Waals surface area contributed by atoms with Crippen molar-refractivity contribution >= 4 is 17.7 Å². The van der Waals surface area contributed by atoms with E-state index in [2.05, 4.69) is 10.3 Å². The topological polar surface area (TPSA) is 82.5 Å². The van der Waals surface area contributed by atoms with Crippen LogP contribution in [0.2, 0.25) is 0 Å². The van der Waals surface area contributed by atoms with E-state index in [4.69, 9.17) is 5.11 Å². The van der Waals surface area contributed by atoms with E-state index >= 15 is 0 Å². The van der Waals surface area contributed by atoms with Crippen LogP contribution in [0.3, 0.4) is 0 Å². The van der Waals surface area contributed by atoms with Crippen LogP contribution < -0.4 is 10.2 Å². The molecule has 1 aromatic rings. The van der Waals surface area contributed by atoms with Gasteiger partial charge < -0.3 is 15.3 Å². The molecule has 6 heteroatoms. The van der Waals surface area contributed by atoms with Crippen molar-refractivity contribution in [3.8, 4) is 0 Å². The van der Waals surface area contributed by atoms with E-state index in [1.165, 1.54) is 12.3 Å². The van der Waals surface area contributed by atoms with Crippen molar-refractivity contribution in [2.75, 3.05) is 18.0 Å². The maximum Gasteiger partial charge on any atom is 0.339 e. The molecule has 1 amide bonds. The van der Waals surface area contributed by atoms with E-state index < -0.39 is 11.5 Å². The lowest BCUT2D eigenvalue weighted by molar-refractivity contribution is -0.126. The predicted molar refractivity (Wildman–Crippen MR) is 65.6 cm³/mol. The Morgan fingerprint density at radius 2 is 2.28 bits per heavy atom. The number of piperazine rings is 1. The number of aromatic nitrogens is 1. The van der Waals surface area contributed by atoms with Gasteiger partial charge in [0.2, 0.25) is 5.91 Å². The number of anilines is 1.